The Morgan fingerprint density at radius 3 is 2.73 bits per heavy atom. The first-order valence-corrected chi connectivity index (χ1v) is 5.33. The van der Waals surface area contributed by atoms with Gasteiger partial charge in [0.2, 0.25) is 0 Å². The molecule has 0 saturated heterocycles. The summed E-state index contributed by atoms with van der Waals surface area (Å²) >= 11 is 0. The molecule has 0 fully saturated rings. The van der Waals surface area contributed by atoms with E-state index in [-0.39, 0.29) is 11.9 Å². The molecule has 3 heteroatoms. The van der Waals surface area contributed by atoms with Crippen LogP contribution in [0.3, 0.4) is 0 Å². The third kappa shape index (κ3) is 2.02. The summed E-state index contributed by atoms with van der Waals surface area (Å²) < 4.78 is 0. The molecule has 1 unspecified atom stereocenters. The molecule has 0 aromatic heterocycles. The van der Waals surface area contributed by atoms with Crippen LogP contribution in [0.25, 0.3) is 0 Å². The van der Waals surface area contributed by atoms with E-state index in [1.165, 1.54) is 11.1 Å². The van der Waals surface area contributed by atoms with Gasteiger partial charge >= 0.3 is 0 Å². The molecular weight excluding hydrogens is 186 g/mol. The highest BCUT2D eigenvalue weighted by molar-refractivity contribution is 5.82. The van der Waals surface area contributed by atoms with Gasteiger partial charge in [0, 0.05) is 13.1 Å². The molecule has 0 aliphatic carbocycles. The fraction of sp³-hybridized carbons (Fsp3) is 0.417. The molecule has 0 radical (unpaired) electrons. The molecule has 0 spiro atoms. The standard InChI is InChI=1S/C12H17N3/c1-9(12(13)14)15-7-6-10-4-2-3-5-11(10)8-15/h2-5,9H,6-8H2,1H3,(H3,13,14). The Kier molecular flexibility index (Phi) is 2.73. The first-order valence-electron chi connectivity index (χ1n) is 5.33. The van der Waals surface area contributed by atoms with Gasteiger partial charge in [-0.15, -0.1) is 0 Å². The molecular formula is C12H17N3. The SMILES string of the molecule is CC(C(=N)N)N1CCc2ccccc2C1. The Labute approximate surface area is 90.4 Å². The normalized spacial score (nSPS) is 18.2. The van der Waals surface area contributed by atoms with E-state index in [1.807, 2.05) is 6.92 Å². The second-order valence-electron chi connectivity index (χ2n) is 4.12. The van der Waals surface area contributed by atoms with Crippen LogP contribution >= 0.6 is 0 Å². The molecule has 0 saturated carbocycles. The average Bonchev–Trinajstić information content (AvgIpc) is 2.27. The van der Waals surface area contributed by atoms with Crippen molar-refractivity contribution in [3.63, 3.8) is 0 Å². The molecule has 0 bridgehead atoms. The maximum absolute atomic E-state index is 7.46. The Morgan fingerprint density at radius 1 is 1.40 bits per heavy atom. The summed E-state index contributed by atoms with van der Waals surface area (Å²) in [5, 5.41) is 7.46. The second-order valence-corrected chi connectivity index (χ2v) is 4.12. The molecule has 2 rings (SSSR count). The van der Waals surface area contributed by atoms with Gasteiger partial charge in [-0.1, -0.05) is 24.3 Å². The lowest BCUT2D eigenvalue weighted by atomic mass is 9.99. The molecule has 0 amide bonds. The fourth-order valence-electron chi connectivity index (χ4n) is 2.04. The van der Waals surface area contributed by atoms with Crippen LogP contribution in [0.15, 0.2) is 24.3 Å². The van der Waals surface area contributed by atoms with E-state index >= 15 is 0 Å². The average molecular weight is 203 g/mol. The lowest BCUT2D eigenvalue weighted by Gasteiger charge is -2.32. The number of fused-ring (bicyclic) bond motifs is 1. The lowest BCUT2D eigenvalue weighted by molar-refractivity contribution is 0.232. The number of rotatable bonds is 2. The highest BCUT2D eigenvalue weighted by Gasteiger charge is 2.21. The van der Waals surface area contributed by atoms with Crippen molar-refractivity contribution in [1.29, 1.82) is 5.41 Å². The van der Waals surface area contributed by atoms with E-state index in [0.29, 0.717) is 0 Å². The summed E-state index contributed by atoms with van der Waals surface area (Å²) in [5.74, 6) is 0.259. The zero-order chi connectivity index (χ0) is 10.8. The smallest absolute Gasteiger partial charge is 0.108 e. The van der Waals surface area contributed by atoms with Gasteiger partial charge in [0.25, 0.3) is 0 Å². The Hall–Kier alpha value is -1.35. The van der Waals surface area contributed by atoms with Gasteiger partial charge in [-0.25, -0.2) is 0 Å². The van der Waals surface area contributed by atoms with E-state index < -0.39 is 0 Å². The number of nitrogens with one attached hydrogen (secondary N) is 1. The van der Waals surface area contributed by atoms with Crippen LogP contribution in [0.2, 0.25) is 0 Å². The lowest BCUT2D eigenvalue weighted by Crippen LogP contribution is -2.44. The zero-order valence-corrected chi connectivity index (χ0v) is 9.03. The highest BCUT2D eigenvalue weighted by atomic mass is 15.2. The number of amidine groups is 1. The molecule has 3 nitrogen and oxygen atoms in total. The Morgan fingerprint density at radius 2 is 2.07 bits per heavy atom. The summed E-state index contributed by atoms with van der Waals surface area (Å²) in [6.45, 7) is 3.91. The van der Waals surface area contributed by atoms with E-state index in [4.69, 9.17) is 11.1 Å². The molecule has 1 aliphatic rings. The number of benzene rings is 1. The molecule has 1 aromatic rings. The van der Waals surface area contributed by atoms with Crippen LogP contribution in [-0.2, 0) is 13.0 Å². The predicted octanol–water partition coefficient (Wildman–Crippen LogP) is 1.37. The number of nitrogens with two attached hydrogens (primary N) is 1. The highest BCUT2D eigenvalue weighted by Crippen LogP contribution is 2.19. The van der Waals surface area contributed by atoms with Crippen LogP contribution in [0.1, 0.15) is 18.1 Å². The number of hydrogen-bond acceptors (Lipinski definition) is 2. The van der Waals surface area contributed by atoms with E-state index in [2.05, 4.69) is 29.2 Å². The van der Waals surface area contributed by atoms with Crippen molar-refractivity contribution in [2.24, 2.45) is 5.73 Å². The minimum atomic E-state index is 0.0540. The second kappa shape index (κ2) is 4.03. The Bertz CT molecular complexity index is 373. The van der Waals surface area contributed by atoms with Crippen molar-refractivity contribution in [3.05, 3.63) is 35.4 Å². The van der Waals surface area contributed by atoms with Gasteiger partial charge in [0.05, 0.1) is 6.04 Å². The molecule has 1 atom stereocenters. The van der Waals surface area contributed by atoms with Gasteiger partial charge in [-0.3, -0.25) is 10.3 Å². The molecule has 15 heavy (non-hydrogen) atoms. The topological polar surface area (TPSA) is 53.1 Å². The van der Waals surface area contributed by atoms with Gasteiger partial charge in [0.1, 0.15) is 5.84 Å². The minimum Gasteiger partial charge on any atom is -0.386 e. The fourth-order valence-corrected chi connectivity index (χ4v) is 2.04. The van der Waals surface area contributed by atoms with E-state index in [0.717, 1.165) is 19.5 Å². The predicted molar refractivity (Wildman–Crippen MR) is 61.9 cm³/mol. The van der Waals surface area contributed by atoms with Crippen molar-refractivity contribution in [3.8, 4) is 0 Å². The summed E-state index contributed by atoms with van der Waals surface area (Å²) in [4.78, 5) is 2.25. The van der Waals surface area contributed by atoms with Gasteiger partial charge < -0.3 is 5.73 Å². The quantitative estimate of drug-likeness (QED) is 0.563. The third-order valence-electron chi connectivity index (χ3n) is 3.16. The third-order valence-corrected chi connectivity index (χ3v) is 3.16. The van der Waals surface area contributed by atoms with Crippen LogP contribution in [-0.4, -0.2) is 23.3 Å². The van der Waals surface area contributed by atoms with Crippen LogP contribution in [0.4, 0.5) is 0 Å². The summed E-state index contributed by atoms with van der Waals surface area (Å²) in [6, 6.07) is 8.56. The largest absolute Gasteiger partial charge is 0.386 e. The number of nitrogens with zero attached hydrogens (tertiary/aromatic N) is 1. The maximum atomic E-state index is 7.46. The van der Waals surface area contributed by atoms with Gasteiger partial charge in [0.15, 0.2) is 0 Å². The summed E-state index contributed by atoms with van der Waals surface area (Å²) in [6.07, 6.45) is 1.06. The minimum absolute atomic E-state index is 0.0540. The van der Waals surface area contributed by atoms with Crippen molar-refractivity contribution in [1.82, 2.24) is 4.90 Å². The monoisotopic (exact) mass is 203 g/mol. The van der Waals surface area contributed by atoms with Crippen molar-refractivity contribution in [2.45, 2.75) is 25.9 Å². The van der Waals surface area contributed by atoms with Gasteiger partial charge in [-0.2, -0.15) is 0 Å². The zero-order valence-electron chi connectivity index (χ0n) is 9.03. The van der Waals surface area contributed by atoms with E-state index in [9.17, 15) is 0 Å². The van der Waals surface area contributed by atoms with E-state index in [1.54, 1.807) is 0 Å². The molecule has 80 valence electrons. The van der Waals surface area contributed by atoms with Crippen LogP contribution in [0.5, 0.6) is 0 Å². The Balaban J connectivity index is 2.15. The van der Waals surface area contributed by atoms with Crippen molar-refractivity contribution >= 4 is 5.84 Å². The van der Waals surface area contributed by atoms with Gasteiger partial charge in [-0.05, 0) is 24.5 Å². The maximum Gasteiger partial charge on any atom is 0.108 e. The first-order chi connectivity index (χ1) is 7.18. The first kappa shape index (κ1) is 10.2. The van der Waals surface area contributed by atoms with Crippen LogP contribution in [0, 0.1) is 5.41 Å². The molecule has 3 N–H and O–H groups in total. The summed E-state index contributed by atoms with van der Waals surface area (Å²) in [5.41, 5.74) is 8.34. The van der Waals surface area contributed by atoms with Crippen molar-refractivity contribution in [2.75, 3.05) is 6.54 Å². The molecule has 1 aromatic carbocycles. The van der Waals surface area contributed by atoms with Crippen LogP contribution < -0.4 is 5.73 Å². The molecule has 1 heterocycles. The summed E-state index contributed by atoms with van der Waals surface area (Å²) in [7, 11) is 0. The number of hydrogen-bond donors (Lipinski definition) is 2. The molecule has 1 aliphatic heterocycles. The van der Waals surface area contributed by atoms with Crippen molar-refractivity contribution < 1.29 is 0 Å².